The molecule has 0 radical (unpaired) electrons. The largest absolute Gasteiger partial charge is 0.477 e. The van der Waals surface area contributed by atoms with Gasteiger partial charge in [-0.05, 0) is 37.0 Å². The highest BCUT2D eigenvalue weighted by molar-refractivity contribution is 7.14. The van der Waals surface area contributed by atoms with Crippen molar-refractivity contribution in [3.63, 3.8) is 0 Å². The molecule has 0 amide bonds. The number of likely N-dealkylation sites (tertiary alicyclic amines) is 1. The summed E-state index contributed by atoms with van der Waals surface area (Å²) in [5.74, 6) is -0.864. The Balaban J connectivity index is 1.51. The summed E-state index contributed by atoms with van der Waals surface area (Å²) in [6, 6.07) is 5.60. The van der Waals surface area contributed by atoms with Crippen LogP contribution in [0.3, 0.4) is 0 Å². The first-order valence-electron chi connectivity index (χ1n) is 8.86. The lowest BCUT2D eigenvalue weighted by molar-refractivity contribution is -0.0961. The summed E-state index contributed by atoms with van der Waals surface area (Å²) in [4.78, 5) is 27.3. The summed E-state index contributed by atoms with van der Waals surface area (Å²) in [7, 11) is 1.77. The van der Waals surface area contributed by atoms with Crippen molar-refractivity contribution in [3.05, 3.63) is 55.6 Å². The molecule has 0 atom stereocenters. The molecule has 0 saturated carbocycles. The van der Waals surface area contributed by atoms with Crippen molar-refractivity contribution in [2.24, 2.45) is 7.05 Å². The van der Waals surface area contributed by atoms with Crippen LogP contribution in [0.15, 0.2) is 29.2 Å². The molecule has 0 bridgehead atoms. The van der Waals surface area contributed by atoms with E-state index in [0.717, 1.165) is 48.4 Å². The third-order valence-electron chi connectivity index (χ3n) is 5.44. The molecule has 2 aliphatic rings. The van der Waals surface area contributed by atoms with E-state index in [4.69, 9.17) is 4.74 Å². The summed E-state index contributed by atoms with van der Waals surface area (Å²) in [5, 5.41) is 9.31. The number of carbonyl (C=O) groups is 1. The van der Waals surface area contributed by atoms with E-state index >= 15 is 0 Å². The molecule has 1 spiro atoms. The van der Waals surface area contributed by atoms with E-state index in [1.807, 2.05) is 18.2 Å². The molecule has 7 heteroatoms. The predicted molar refractivity (Wildman–Crippen MR) is 98.8 cm³/mol. The summed E-state index contributed by atoms with van der Waals surface area (Å²) in [6.07, 6.45) is 4.20. The Bertz CT molecular complexity index is 893. The highest BCUT2D eigenvalue weighted by Gasteiger charge is 2.42. The van der Waals surface area contributed by atoms with Gasteiger partial charge in [0.05, 0.1) is 6.61 Å². The van der Waals surface area contributed by atoms with Gasteiger partial charge in [0, 0.05) is 43.3 Å². The molecule has 2 aromatic heterocycles. The van der Waals surface area contributed by atoms with Gasteiger partial charge in [0.1, 0.15) is 10.5 Å². The number of rotatable bonds is 3. The van der Waals surface area contributed by atoms with E-state index < -0.39 is 5.97 Å². The van der Waals surface area contributed by atoms with Gasteiger partial charge in [-0.25, -0.2) is 4.79 Å². The van der Waals surface area contributed by atoms with Crippen LogP contribution in [-0.2, 0) is 30.4 Å². The fraction of sp³-hybridized carbons (Fsp3) is 0.474. The van der Waals surface area contributed by atoms with Crippen LogP contribution in [0.5, 0.6) is 0 Å². The van der Waals surface area contributed by atoms with Crippen LogP contribution in [-0.4, -0.2) is 40.2 Å². The molecular formula is C19H22N2O4S. The minimum absolute atomic E-state index is 0.0494. The zero-order valence-corrected chi connectivity index (χ0v) is 15.6. The second kappa shape index (κ2) is 6.64. The third-order valence-corrected chi connectivity index (χ3v) is 6.79. The van der Waals surface area contributed by atoms with E-state index in [0.29, 0.717) is 18.0 Å². The van der Waals surface area contributed by atoms with E-state index in [2.05, 4.69) is 4.90 Å². The standard InChI is InChI=1S/C19H22N2O4S/c1-20-7-2-3-14(17(20)22)12-21-8-5-19(6-9-21)16-13(4-10-25-19)11-15(26-16)18(23)24/h2-3,7,11H,4-6,8-10,12H2,1H3,(H,23,24). The Morgan fingerprint density at radius 1 is 1.38 bits per heavy atom. The lowest BCUT2D eigenvalue weighted by Crippen LogP contribution is -2.46. The molecule has 4 rings (SSSR count). The number of aryl methyl sites for hydroxylation is 1. The molecule has 2 aromatic rings. The van der Waals surface area contributed by atoms with Crippen molar-refractivity contribution >= 4 is 17.3 Å². The number of hydrogen-bond donors (Lipinski definition) is 1. The van der Waals surface area contributed by atoms with E-state index in [1.54, 1.807) is 17.8 Å². The first-order chi connectivity index (χ1) is 12.5. The van der Waals surface area contributed by atoms with Gasteiger partial charge < -0.3 is 14.4 Å². The second-order valence-electron chi connectivity index (χ2n) is 7.09. The zero-order valence-electron chi connectivity index (χ0n) is 14.7. The van der Waals surface area contributed by atoms with Gasteiger partial charge >= 0.3 is 5.97 Å². The maximum absolute atomic E-state index is 12.2. The zero-order chi connectivity index (χ0) is 18.3. The van der Waals surface area contributed by atoms with E-state index in [1.165, 1.54) is 11.3 Å². The molecule has 1 N–H and O–H groups in total. The van der Waals surface area contributed by atoms with Crippen molar-refractivity contribution in [3.8, 4) is 0 Å². The number of piperidine rings is 1. The number of aromatic carboxylic acids is 1. The quantitative estimate of drug-likeness (QED) is 0.892. The molecule has 0 aromatic carbocycles. The highest BCUT2D eigenvalue weighted by atomic mass is 32.1. The minimum Gasteiger partial charge on any atom is -0.477 e. The van der Waals surface area contributed by atoms with Gasteiger partial charge in [-0.2, -0.15) is 0 Å². The van der Waals surface area contributed by atoms with Crippen LogP contribution < -0.4 is 5.56 Å². The molecule has 26 heavy (non-hydrogen) atoms. The predicted octanol–water partition coefficient (Wildman–Crippen LogP) is 2.21. The first-order valence-corrected chi connectivity index (χ1v) is 9.67. The van der Waals surface area contributed by atoms with Crippen LogP contribution >= 0.6 is 11.3 Å². The Labute approximate surface area is 155 Å². The lowest BCUT2D eigenvalue weighted by Gasteiger charge is -2.43. The Kier molecular flexibility index (Phi) is 4.46. The third kappa shape index (κ3) is 3.00. The number of fused-ring (bicyclic) bond motifs is 2. The van der Waals surface area contributed by atoms with E-state index in [-0.39, 0.29) is 11.2 Å². The highest BCUT2D eigenvalue weighted by Crippen LogP contribution is 2.45. The van der Waals surface area contributed by atoms with Crippen LogP contribution in [0.1, 0.15) is 38.5 Å². The monoisotopic (exact) mass is 374 g/mol. The number of carboxylic acids is 1. The second-order valence-corrected chi connectivity index (χ2v) is 8.14. The minimum atomic E-state index is -0.864. The van der Waals surface area contributed by atoms with Gasteiger partial charge in [-0.3, -0.25) is 9.69 Å². The average Bonchev–Trinajstić information content (AvgIpc) is 3.07. The number of nitrogens with zero attached hydrogens (tertiary/aromatic N) is 2. The van der Waals surface area contributed by atoms with Crippen molar-refractivity contribution in [1.29, 1.82) is 0 Å². The summed E-state index contributed by atoms with van der Waals surface area (Å²) in [6.45, 7) is 2.94. The number of carboxylic acid groups (broad SMARTS) is 1. The van der Waals surface area contributed by atoms with Gasteiger partial charge in [0.2, 0.25) is 0 Å². The van der Waals surface area contributed by atoms with Crippen molar-refractivity contribution in [2.45, 2.75) is 31.4 Å². The maximum atomic E-state index is 12.2. The van der Waals surface area contributed by atoms with Crippen molar-refractivity contribution in [2.75, 3.05) is 19.7 Å². The molecule has 138 valence electrons. The number of pyridine rings is 1. The lowest BCUT2D eigenvalue weighted by atomic mass is 9.85. The van der Waals surface area contributed by atoms with Crippen LogP contribution in [0.25, 0.3) is 0 Å². The molecule has 0 aliphatic carbocycles. The summed E-state index contributed by atoms with van der Waals surface area (Å²) < 4.78 is 7.80. The molecule has 0 unspecified atom stereocenters. The fourth-order valence-corrected chi connectivity index (χ4v) is 5.24. The first kappa shape index (κ1) is 17.5. The normalized spacial score (nSPS) is 19.4. The van der Waals surface area contributed by atoms with Gasteiger partial charge in [0.25, 0.3) is 5.56 Å². The van der Waals surface area contributed by atoms with Gasteiger partial charge in [-0.1, -0.05) is 6.07 Å². The summed E-state index contributed by atoms with van der Waals surface area (Å²) >= 11 is 1.36. The molecule has 1 fully saturated rings. The van der Waals surface area contributed by atoms with Crippen molar-refractivity contribution in [1.82, 2.24) is 9.47 Å². The maximum Gasteiger partial charge on any atom is 0.345 e. The fourth-order valence-electron chi connectivity index (χ4n) is 3.99. The molecule has 4 heterocycles. The Hall–Kier alpha value is -1.96. The number of thiophene rings is 1. The Morgan fingerprint density at radius 2 is 2.15 bits per heavy atom. The number of hydrogen-bond acceptors (Lipinski definition) is 5. The van der Waals surface area contributed by atoms with Crippen LogP contribution in [0.4, 0.5) is 0 Å². The SMILES string of the molecule is Cn1cccc(CN2CCC3(CC2)OCCc2cc(C(=O)O)sc23)c1=O. The van der Waals surface area contributed by atoms with Gasteiger partial charge in [-0.15, -0.1) is 11.3 Å². The average molecular weight is 374 g/mol. The van der Waals surface area contributed by atoms with Crippen LogP contribution in [0.2, 0.25) is 0 Å². The molecule has 2 aliphatic heterocycles. The smallest absolute Gasteiger partial charge is 0.345 e. The molecular weight excluding hydrogens is 352 g/mol. The van der Waals surface area contributed by atoms with E-state index in [9.17, 15) is 14.7 Å². The topological polar surface area (TPSA) is 71.8 Å². The summed E-state index contributed by atoms with van der Waals surface area (Å²) in [5.41, 5.74) is 1.63. The van der Waals surface area contributed by atoms with Crippen LogP contribution in [0, 0.1) is 0 Å². The van der Waals surface area contributed by atoms with Gasteiger partial charge in [0.15, 0.2) is 0 Å². The Morgan fingerprint density at radius 3 is 2.88 bits per heavy atom. The molecule has 1 saturated heterocycles. The number of aromatic nitrogens is 1. The van der Waals surface area contributed by atoms with Crippen molar-refractivity contribution < 1.29 is 14.6 Å². The molecule has 6 nitrogen and oxygen atoms in total. The number of ether oxygens (including phenoxy) is 1.